The van der Waals surface area contributed by atoms with Crippen LogP contribution in [0.4, 0.5) is 11.4 Å². The van der Waals surface area contributed by atoms with Gasteiger partial charge in [0, 0.05) is 27.0 Å². The first-order valence-corrected chi connectivity index (χ1v) is 18.2. The average Bonchev–Trinajstić information content (AvgIpc) is 3.20. The summed E-state index contributed by atoms with van der Waals surface area (Å²) >= 11 is 3.52. The van der Waals surface area contributed by atoms with Crippen LogP contribution in [0.2, 0.25) is 0 Å². The number of nitrogens with zero attached hydrogens (tertiary/aromatic N) is 1. The fourth-order valence-corrected chi connectivity index (χ4v) is 7.00. The summed E-state index contributed by atoms with van der Waals surface area (Å²) in [4.78, 5) is 25.4. The first-order chi connectivity index (χ1) is 25.9. The Morgan fingerprint density at radius 1 is 0.585 bits per heavy atom. The van der Waals surface area contributed by atoms with E-state index < -0.39 is 0 Å². The minimum Gasteiger partial charge on any atom is -0.489 e. The van der Waals surface area contributed by atoms with Gasteiger partial charge in [-0.2, -0.15) is 5.26 Å². The number of carbonyl (C=O) groups excluding carboxylic acids is 2. The molecule has 2 heterocycles. The zero-order valence-electron chi connectivity index (χ0n) is 28.8. The number of amides is 2. The summed E-state index contributed by atoms with van der Waals surface area (Å²) in [5, 5.41) is 15.3. The van der Waals surface area contributed by atoms with Gasteiger partial charge in [-0.3, -0.25) is 9.59 Å². The molecule has 2 atom stereocenters. The monoisotopic (exact) mass is 761 g/mol. The number of rotatable bonds is 8. The van der Waals surface area contributed by atoms with Gasteiger partial charge in [-0.05, 0) is 83.6 Å². The molecule has 0 aromatic heterocycles. The molecule has 2 N–H and O–H groups in total. The Bertz CT molecular complexity index is 2290. The summed E-state index contributed by atoms with van der Waals surface area (Å²) in [6, 6.07) is 48.9. The van der Waals surface area contributed by atoms with E-state index in [4.69, 9.17) is 9.47 Å². The van der Waals surface area contributed by atoms with Crippen molar-refractivity contribution < 1.29 is 19.1 Å². The van der Waals surface area contributed by atoms with Gasteiger partial charge in [-0.1, -0.05) is 113 Å². The molecule has 2 amide bonds. The minimum atomic E-state index is -0.390. The molecule has 2 aliphatic rings. The summed E-state index contributed by atoms with van der Waals surface area (Å²) in [6.45, 7) is 0.880. The summed E-state index contributed by atoms with van der Waals surface area (Å²) in [6.07, 6.45) is 1.25. The van der Waals surface area contributed by atoms with Crippen LogP contribution in [0.15, 0.2) is 150 Å². The summed E-state index contributed by atoms with van der Waals surface area (Å²) in [5.41, 5.74) is 8.29. The Kier molecular flexibility index (Phi) is 10.9. The number of benzene rings is 6. The molecule has 0 saturated carbocycles. The van der Waals surface area contributed by atoms with Crippen LogP contribution in [0.25, 0.3) is 0 Å². The maximum atomic E-state index is 12.7. The molecule has 7 nitrogen and oxygen atoms in total. The first kappa shape index (κ1) is 35.2. The predicted octanol–water partition coefficient (Wildman–Crippen LogP) is 9.72. The minimum absolute atomic E-state index is 0.00589. The lowest BCUT2D eigenvalue weighted by Crippen LogP contribution is -2.28. The van der Waals surface area contributed by atoms with Crippen molar-refractivity contribution in [3.05, 3.63) is 189 Å². The van der Waals surface area contributed by atoms with Gasteiger partial charge in [0.25, 0.3) is 0 Å². The van der Waals surface area contributed by atoms with Gasteiger partial charge in [0.2, 0.25) is 11.8 Å². The summed E-state index contributed by atoms with van der Waals surface area (Å²) in [5.74, 6) is 0.654. The standard InChI is InChI=1S/C23H18N2O2.C22H18BrNO2/c24-14-17-10-11-22(27-15-16-6-2-1-3-7-16)19(12-17)20-13-18-8-4-5-9-21(18)25-23(20)26;23-17-10-11-21(26-14-15-6-2-1-3-7-15)18(13-17)19-12-16-8-4-5-9-20(16)24-22(19)25/h1-12,20H,13,15H2,(H,25,26);1-11,13,19H,12,14H2,(H,24,25). The third-order valence-electron chi connectivity index (χ3n) is 9.37. The Labute approximate surface area is 317 Å². The van der Waals surface area contributed by atoms with Crippen LogP contribution in [0.1, 0.15) is 50.8 Å². The molecule has 8 heteroatoms. The number of carbonyl (C=O) groups is 2. The second-order valence-corrected chi connectivity index (χ2v) is 13.8. The number of para-hydroxylation sites is 2. The van der Waals surface area contributed by atoms with Crippen molar-refractivity contribution >= 4 is 39.1 Å². The van der Waals surface area contributed by atoms with Gasteiger partial charge in [-0.25, -0.2) is 0 Å². The van der Waals surface area contributed by atoms with Crippen molar-refractivity contribution in [2.75, 3.05) is 10.6 Å². The van der Waals surface area contributed by atoms with Gasteiger partial charge in [0.1, 0.15) is 24.7 Å². The van der Waals surface area contributed by atoms with Crippen LogP contribution >= 0.6 is 15.9 Å². The van der Waals surface area contributed by atoms with Gasteiger partial charge in [-0.15, -0.1) is 0 Å². The summed E-state index contributed by atoms with van der Waals surface area (Å²) in [7, 11) is 0. The number of ether oxygens (including phenoxy) is 2. The van der Waals surface area contributed by atoms with Crippen LogP contribution in [-0.2, 0) is 35.6 Å². The van der Waals surface area contributed by atoms with Crippen molar-refractivity contribution in [3.8, 4) is 17.6 Å². The molecular formula is C45H36BrN3O4. The van der Waals surface area contributed by atoms with Gasteiger partial charge < -0.3 is 20.1 Å². The molecule has 6 aromatic carbocycles. The van der Waals surface area contributed by atoms with Crippen LogP contribution in [0.3, 0.4) is 0 Å². The van der Waals surface area contributed by atoms with E-state index in [1.54, 1.807) is 18.2 Å². The zero-order chi connectivity index (χ0) is 36.6. The fraction of sp³-hybridized carbons (Fsp3) is 0.133. The number of nitriles is 1. The van der Waals surface area contributed by atoms with E-state index in [0.717, 1.165) is 55.0 Å². The third kappa shape index (κ3) is 8.49. The molecule has 0 radical (unpaired) electrons. The zero-order valence-corrected chi connectivity index (χ0v) is 30.4. The molecular weight excluding hydrogens is 726 g/mol. The van der Waals surface area contributed by atoms with Crippen molar-refractivity contribution in [1.29, 1.82) is 5.26 Å². The molecule has 0 bridgehead atoms. The first-order valence-electron chi connectivity index (χ1n) is 17.4. The maximum Gasteiger partial charge on any atom is 0.232 e. The number of nitrogens with one attached hydrogen (secondary N) is 2. The number of fused-ring (bicyclic) bond motifs is 2. The van der Waals surface area contributed by atoms with Gasteiger partial charge >= 0.3 is 0 Å². The molecule has 2 unspecified atom stereocenters. The lowest BCUT2D eigenvalue weighted by molar-refractivity contribution is -0.118. The molecule has 8 rings (SSSR count). The summed E-state index contributed by atoms with van der Waals surface area (Å²) < 4.78 is 13.0. The molecule has 0 spiro atoms. The number of hydrogen-bond donors (Lipinski definition) is 2. The van der Waals surface area contributed by atoms with Crippen LogP contribution in [0.5, 0.6) is 11.5 Å². The average molecular weight is 763 g/mol. The fourth-order valence-electron chi connectivity index (χ4n) is 6.62. The van der Waals surface area contributed by atoms with Crippen LogP contribution in [0, 0.1) is 11.3 Å². The largest absolute Gasteiger partial charge is 0.489 e. The van der Waals surface area contributed by atoms with E-state index in [1.807, 2.05) is 121 Å². The van der Waals surface area contributed by atoms with E-state index >= 15 is 0 Å². The normalized spacial score (nSPS) is 15.6. The number of hydrogen-bond acceptors (Lipinski definition) is 5. The van der Waals surface area contributed by atoms with E-state index in [0.29, 0.717) is 37.4 Å². The lowest BCUT2D eigenvalue weighted by atomic mass is 9.86. The van der Waals surface area contributed by atoms with E-state index in [-0.39, 0.29) is 23.7 Å². The Balaban J connectivity index is 0.000000164. The quantitative estimate of drug-likeness (QED) is 0.161. The van der Waals surface area contributed by atoms with Crippen molar-refractivity contribution in [3.63, 3.8) is 0 Å². The smallest absolute Gasteiger partial charge is 0.232 e. The van der Waals surface area contributed by atoms with Crippen molar-refractivity contribution in [2.24, 2.45) is 0 Å². The molecule has 262 valence electrons. The second-order valence-electron chi connectivity index (χ2n) is 12.9. The number of anilines is 2. The Morgan fingerprint density at radius 3 is 1.55 bits per heavy atom. The molecule has 2 aliphatic heterocycles. The van der Waals surface area contributed by atoms with Crippen LogP contribution < -0.4 is 20.1 Å². The molecule has 6 aromatic rings. The highest BCUT2D eigenvalue weighted by atomic mass is 79.9. The van der Waals surface area contributed by atoms with E-state index in [2.05, 4.69) is 38.7 Å². The van der Waals surface area contributed by atoms with Gasteiger partial charge in [0.05, 0.1) is 23.5 Å². The third-order valence-corrected chi connectivity index (χ3v) is 9.86. The van der Waals surface area contributed by atoms with E-state index in [9.17, 15) is 14.9 Å². The highest BCUT2D eigenvalue weighted by molar-refractivity contribution is 9.10. The van der Waals surface area contributed by atoms with Crippen molar-refractivity contribution in [1.82, 2.24) is 0 Å². The topological polar surface area (TPSA) is 100 Å². The molecule has 53 heavy (non-hydrogen) atoms. The highest BCUT2D eigenvalue weighted by Gasteiger charge is 2.31. The van der Waals surface area contributed by atoms with Crippen molar-refractivity contribution in [2.45, 2.75) is 37.9 Å². The molecule has 0 aliphatic carbocycles. The maximum absolute atomic E-state index is 12.7. The Morgan fingerprint density at radius 2 is 1.04 bits per heavy atom. The Hall–Kier alpha value is -6.17. The van der Waals surface area contributed by atoms with Crippen LogP contribution in [-0.4, -0.2) is 11.8 Å². The molecule has 0 fully saturated rings. The predicted molar refractivity (Wildman–Crippen MR) is 210 cm³/mol. The molecule has 0 saturated heterocycles. The second kappa shape index (κ2) is 16.4. The van der Waals surface area contributed by atoms with Gasteiger partial charge in [0.15, 0.2) is 0 Å². The highest BCUT2D eigenvalue weighted by Crippen LogP contribution is 2.38. The lowest BCUT2D eigenvalue weighted by Gasteiger charge is -2.26. The number of halogens is 1. The SMILES string of the molecule is N#Cc1ccc(OCc2ccccc2)c(C2Cc3ccccc3NC2=O)c1.O=C1Nc2ccccc2CC1c1cc(Br)ccc1OCc1ccccc1. The van der Waals surface area contributed by atoms with E-state index in [1.165, 1.54) is 0 Å².